The number of urea groups is 1. The molecule has 3 rings (SSSR count). The fraction of sp³-hybridized carbons (Fsp3) is 0.591. The van der Waals surface area contributed by atoms with Gasteiger partial charge >= 0.3 is 6.03 Å². The van der Waals surface area contributed by atoms with Crippen LogP contribution in [0.4, 0.5) is 4.79 Å². The standard InChI is InChI=1S/C22H32N4O3/c1-3-25(4-2)18(17-11-6-5-7-12-17)19(27)23-15-10-16-26-20(28)22(24-21(26)29)13-8-9-14-22/h5-7,11-12,18H,3-4,8-10,13-16H2,1-2H3,(H,23,27)(H,24,29). The molecular formula is C22H32N4O3. The Kier molecular flexibility index (Phi) is 6.90. The number of imide groups is 1. The third-order valence-corrected chi connectivity index (χ3v) is 6.10. The Morgan fingerprint density at radius 2 is 1.83 bits per heavy atom. The summed E-state index contributed by atoms with van der Waals surface area (Å²) in [6.07, 6.45) is 3.95. The molecule has 1 aromatic rings. The molecule has 2 fully saturated rings. The molecule has 4 amide bonds. The highest BCUT2D eigenvalue weighted by atomic mass is 16.2. The molecule has 1 saturated carbocycles. The predicted octanol–water partition coefficient (Wildman–Crippen LogP) is 2.44. The number of nitrogens with zero attached hydrogens (tertiary/aromatic N) is 2. The Labute approximate surface area is 172 Å². The Balaban J connectivity index is 1.54. The van der Waals surface area contributed by atoms with Crippen molar-refractivity contribution in [1.29, 1.82) is 0 Å². The molecule has 0 bridgehead atoms. The van der Waals surface area contributed by atoms with E-state index in [1.54, 1.807) is 0 Å². The van der Waals surface area contributed by atoms with Gasteiger partial charge < -0.3 is 10.6 Å². The average molecular weight is 401 g/mol. The number of hydrogen-bond acceptors (Lipinski definition) is 4. The van der Waals surface area contributed by atoms with Crippen LogP contribution >= 0.6 is 0 Å². The minimum Gasteiger partial charge on any atom is -0.354 e. The molecule has 7 nitrogen and oxygen atoms in total. The highest BCUT2D eigenvalue weighted by Gasteiger charge is 2.52. The van der Waals surface area contributed by atoms with Crippen molar-refractivity contribution in [3.05, 3.63) is 35.9 Å². The van der Waals surface area contributed by atoms with Gasteiger partial charge in [-0.1, -0.05) is 57.0 Å². The van der Waals surface area contributed by atoms with Gasteiger partial charge in [0.15, 0.2) is 0 Å². The fourth-order valence-electron chi connectivity index (χ4n) is 4.49. The van der Waals surface area contributed by atoms with E-state index in [2.05, 4.69) is 15.5 Å². The number of amides is 4. The number of benzene rings is 1. The van der Waals surface area contributed by atoms with Crippen molar-refractivity contribution in [3.8, 4) is 0 Å². The smallest absolute Gasteiger partial charge is 0.325 e. The summed E-state index contributed by atoms with van der Waals surface area (Å²) in [5.41, 5.74) is 0.299. The number of carbonyl (C=O) groups excluding carboxylic acids is 3. The average Bonchev–Trinajstić information content (AvgIpc) is 3.29. The molecule has 2 aliphatic rings. The summed E-state index contributed by atoms with van der Waals surface area (Å²) in [6.45, 7) is 6.38. The number of carbonyl (C=O) groups is 3. The van der Waals surface area contributed by atoms with Gasteiger partial charge in [-0.2, -0.15) is 0 Å². The van der Waals surface area contributed by atoms with Gasteiger partial charge in [0.2, 0.25) is 5.91 Å². The summed E-state index contributed by atoms with van der Waals surface area (Å²) in [6, 6.07) is 9.12. The Morgan fingerprint density at radius 1 is 1.17 bits per heavy atom. The normalized spacial score (nSPS) is 19.1. The quantitative estimate of drug-likeness (QED) is 0.493. The van der Waals surface area contributed by atoms with Crippen LogP contribution in [0.5, 0.6) is 0 Å². The van der Waals surface area contributed by atoms with Crippen molar-refractivity contribution in [1.82, 2.24) is 20.4 Å². The Hall–Kier alpha value is -2.41. The van der Waals surface area contributed by atoms with Crippen LogP contribution in [0.2, 0.25) is 0 Å². The van der Waals surface area contributed by atoms with E-state index in [0.29, 0.717) is 19.5 Å². The zero-order valence-corrected chi connectivity index (χ0v) is 17.4. The largest absolute Gasteiger partial charge is 0.354 e. The molecule has 7 heteroatoms. The van der Waals surface area contributed by atoms with Crippen LogP contribution in [0.25, 0.3) is 0 Å². The number of hydrogen-bond donors (Lipinski definition) is 2. The van der Waals surface area contributed by atoms with Crippen LogP contribution in [0.3, 0.4) is 0 Å². The lowest BCUT2D eigenvalue weighted by Gasteiger charge is -2.29. The van der Waals surface area contributed by atoms with Crippen LogP contribution < -0.4 is 10.6 Å². The van der Waals surface area contributed by atoms with Crippen LogP contribution in [0, 0.1) is 0 Å². The van der Waals surface area contributed by atoms with Crippen molar-refractivity contribution in [2.24, 2.45) is 0 Å². The van der Waals surface area contributed by atoms with Crippen LogP contribution in [0.1, 0.15) is 57.6 Å². The first kappa shape index (κ1) is 21.3. The number of nitrogens with one attached hydrogen (secondary N) is 2. The third-order valence-electron chi connectivity index (χ3n) is 6.10. The van der Waals surface area contributed by atoms with Crippen LogP contribution in [-0.4, -0.2) is 59.4 Å². The lowest BCUT2D eigenvalue weighted by Crippen LogP contribution is -2.44. The van der Waals surface area contributed by atoms with Crippen molar-refractivity contribution in [2.45, 2.75) is 57.5 Å². The Bertz CT molecular complexity index is 727. The molecule has 1 unspecified atom stereocenters. The van der Waals surface area contributed by atoms with Gasteiger partial charge in [-0.05, 0) is 37.9 Å². The maximum Gasteiger partial charge on any atom is 0.325 e. The summed E-state index contributed by atoms with van der Waals surface area (Å²) in [5.74, 6) is -0.152. The van der Waals surface area contributed by atoms with Crippen molar-refractivity contribution in [3.63, 3.8) is 0 Å². The maximum atomic E-state index is 12.9. The zero-order valence-electron chi connectivity index (χ0n) is 17.4. The van der Waals surface area contributed by atoms with Crippen LogP contribution in [-0.2, 0) is 9.59 Å². The van der Waals surface area contributed by atoms with E-state index in [1.165, 1.54) is 4.90 Å². The van der Waals surface area contributed by atoms with Gasteiger partial charge in [-0.15, -0.1) is 0 Å². The van der Waals surface area contributed by atoms with Crippen molar-refractivity contribution in [2.75, 3.05) is 26.2 Å². The minimum atomic E-state index is -0.665. The second kappa shape index (κ2) is 9.39. The van der Waals surface area contributed by atoms with E-state index in [4.69, 9.17) is 0 Å². The van der Waals surface area contributed by atoms with Crippen LogP contribution in [0.15, 0.2) is 30.3 Å². The Morgan fingerprint density at radius 3 is 2.45 bits per heavy atom. The van der Waals surface area contributed by atoms with E-state index >= 15 is 0 Å². The number of rotatable bonds is 9. The van der Waals surface area contributed by atoms with Gasteiger partial charge in [0.25, 0.3) is 5.91 Å². The van der Waals surface area contributed by atoms with E-state index in [9.17, 15) is 14.4 Å². The lowest BCUT2D eigenvalue weighted by atomic mass is 9.98. The summed E-state index contributed by atoms with van der Waals surface area (Å²) < 4.78 is 0. The molecule has 2 N–H and O–H groups in total. The monoisotopic (exact) mass is 400 g/mol. The van der Waals surface area contributed by atoms with E-state index in [0.717, 1.165) is 44.3 Å². The summed E-state index contributed by atoms with van der Waals surface area (Å²) in [4.78, 5) is 41.3. The SMILES string of the molecule is CCN(CC)C(C(=O)NCCCN1C(=O)NC2(CCCC2)C1=O)c1ccccc1. The molecule has 158 valence electrons. The second-order valence-corrected chi connectivity index (χ2v) is 7.86. The molecule has 1 atom stereocenters. The van der Waals surface area contributed by atoms with Gasteiger partial charge in [0, 0.05) is 13.1 Å². The molecular weight excluding hydrogens is 368 g/mol. The maximum absolute atomic E-state index is 12.9. The summed E-state index contributed by atoms with van der Waals surface area (Å²) in [7, 11) is 0. The number of likely N-dealkylation sites (N-methyl/N-ethyl adjacent to an activating group) is 1. The van der Waals surface area contributed by atoms with E-state index in [1.807, 2.05) is 44.2 Å². The minimum absolute atomic E-state index is 0.0515. The second-order valence-electron chi connectivity index (χ2n) is 7.86. The molecule has 1 aliphatic heterocycles. The van der Waals surface area contributed by atoms with Crippen molar-refractivity contribution < 1.29 is 14.4 Å². The summed E-state index contributed by atoms with van der Waals surface area (Å²) in [5, 5.41) is 5.89. The summed E-state index contributed by atoms with van der Waals surface area (Å²) >= 11 is 0. The lowest BCUT2D eigenvalue weighted by molar-refractivity contribution is -0.131. The molecule has 29 heavy (non-hydrogen) atoms. The first-order chi connectivity index (χ1) is 14.0. The topological polar surface area (TPSA) is 81.8 Å². The molecule has 1 heterocycles. The van der Waals surface area contributed by atoms with Gasteiger partial charge in [-0.25, -0.2) is 4.79 Å². The first-order valence-electron chi connectivity index (χ1n) is 10.7. The van der Waals surface area contributed by atoms with Crippen molar-refractivity contribution >= 4 is 17.8 Å². The predicted molar refractivity (Wildman–Crippen MR) is 111 cm³/mol. The van der Waals surface area contributed by atoms with E-state index in [-0.39, 0.29) is 23.9 Å². The highest BCUT2D eigenvalue weighted by molar-refractivity contribution is 6.07. The van der Waals surface area contributed by atoms with Gasteiger partial charge in [0.05, 0.1) is 0 Å². The first-order valence-corrected chi connectivity index (χ1v) is 10.7. The van der Waals surface area contributed by atoms with E-state index < -0.39 is 5.54 Å². The fourth-order valence-corrected chi connectivity index (χ4v) is 4.49. The zero-order chi connectivity index (χ0) is 20.9. The third kappa shape index (κ3) is 4.45. The molecule has 1 saturated heterocycles. The highest BCUT2D eigenvalue weighted by Crippen LogP contribution is 2.35. The molecule has 1 aliphatic carbocycles. The molecule has 1 aromatic carbocycles. The molecule has 0 aromatic heterocycles. The van der Waals surface area contributed by atoms with Gasteiger partial charge in [0.1, 0.15) is 11.6 Å². The van der Waals surface area contributed by atoms with Gasteiger partial charge in [-0.3, -0.25) is 19.4 Å². The molecule has 1 spiro atoms. The molecule has 0 radical (unpaired) electrons.